The van der Waals surface area contributed by atoms with Gasteiger partial charge in [-0.1, -0.05) is 12.1 Å². The molecule has 0 saturated carbocycles. The first kappa shape index (κ1) is 15.6. The second-order valence-corrected chi connectivity index (χ2v) is 4.91. The van der Waals surface area contributed by atoms with Crippen molar-refractivity contribution >= 4 is 5.91 Å². The van der Waals surface area contributed by atoms with Crippen molar-refractivity contribution in [2.24, 2.45) is 0 Å². The van der Waals surface area contributed by atoms with Crippen LogP contribution >= 0.6 is 0 Å². The zero-order valence-electron chi connectivity index (χ0n) is 12.4. The van der Waals surface area contributed by atoms with Crippen molar-refractivity contribution in [1.82, 2.24) is 10.6 Å². The molecular weight excluding hydrogens is 272 g/mol. The summed E-state index contributed by atoms with van der Waals surface area (Å²) < 4.78 is 16.3. The number of nitrogens with one attached hydrogen (secondary N) is 2. The fourth-order valence-corrected chi connectivity index (χ4v) is 2.08. The number of benzene rings is 1. The molecule has 6 heteroatoms. The zero-order chi connectivity index (χ0) is 15.1. The number of ether oxygens (including phenoxy) is 3. The highest BCUT2D eigenvalue weighted by Crippen LogP contribution is 2.26. The Balaban J connectivity index is 1.78. The molecule has 1 heterocycles. The molecule has 1 amide bonds. The van der Waals surface area contributed by atoms with Crippen LogP contribution in [-0.4, -0.2) is 51.5 Å². The van der Waals surface area contributed by atoms with E-state index in [1.807, 2.05) is 31.2 Å². The van der Waals surface area contributed by atoms with E-state index in [1.165, 1.54) is 0 Å². The number of carbonyl (C=O) groups excluding carboxylic acids is 1. The van der Waals surface area contributed by atoms with Crippen molar-refractivity contribution in [3.05, 3.63) is 24.3 Å². The summed E-state index contributed by atoms with van der Waals surface area (Å²) in [5.41, 5.74) is 0. The molecule has 1 aliphatic heterocycles. The molecule has 2 atom stereocenters. The van der Waals surface area contributed by atoms with E-state index in [4.69, 9.17) is 14.2 Å². The Labute approximate surface area is 124 Å². The van der Waals surface area contributed by atoms with E-state index in [1.54, 1.807) is 7.11 Å². The normalized spacial score (nSPS) is 19.6. The largest absolute Gasteiger partial charge is 0.493 e. The van der Waals surface area contributed by atoms with Crippen molar-refractivity contribution < 1.29 is 19.0 Å². The Hall–Kier alpha value is -1.79. The van der Waals surface area contributed by atoms with Crippen molar-refractivity contribution in [3.8, 4) is 11.5 Å². The van der Waals surface area contributed by atoms with Gasteiger partial charge in [-0.05, 0) is 19.1 Å². The van der Waals surface area contributed by atoms with E-state index in [0.717, 1.165) is 0 Å². The molecule has 2 rings (SSSR count). The molecule has 2 N–H and O–H groups in total. The van der Waals surface area contributed by atoms with Crippen LogP contribution in [0.3, 0.4) is 0 Å². The van der Waals surface area contributed by atoms with E-state index >= 15 is 0 Å². The van der Waals surface area contributed by atoms with Gasteiger partial charge in [-0.15, -0.1) is 0 Å². The standard InChI is InChI=1S/C15H22N2O4/c1-11(21-14-6-4-3-5-13(14)19-2)9-17-15(18)12-10-20-8-7-16-12/h3-6,11-12,16H,7-10H2,1-2H3,(H,17,18). The SMILES string of the molecule is COc1ccccc1OC(C)CNC(=O)C1COCCN1. The molecule has 0 radical (unpaired) electrons. The summed E-state index contributed by atoms with van der Waals surface area (Å²) in [5.74, 6) is 1.28. The van der Waals surface area contributed by atoms with Gasteiger partial charge in [-0.3, -0.25) is 4.79 Å². The van der Waals surface area contributed by atoms with Gasteiger partial charge in [0.05, 0.1) is 26.9 Å². The lowest BCUT2D eigenvalue weighted by molar-refractivity contribution is -0.126. The molecule has 0 spiro atoms. The van der Waals surface area contributed by atoms with Crippen LogP contribution in [0.2, 0.25) is 0 Å². The topological polar surface area (TPSA) is 68.8 Å². The van der Waals surface area contributed by atoms with Crippen LogP contribution in [0.25, 0.3) is 0 Å². The molecule has 0 bridgehead atoms. The molecule has 116 valence electrons. The predicted molar refractivity (Wildman–Crippen MR) is 78.7 cm³/mol. The summed E-state index contributed by atoms with van der Waals surface area (Å²) in [5, 5.41) is 5.98. The highest BCUT2D eigenvalue weighted by atomic mass is 16.5. The van der Waals surface area contributed by atoms with E-state index in [9.17, 15) is 4.79 Å². The first-order valence-corrected chi connectivity index (χ1v) is 7.09. The smallest absolute Gasteiger partial charge is 0.239 e. The monoisotopic (exact) mass is 294 g/mol. The average Bonchev–Trinajstić information content (AvgIpc) is 2.54. The molecule has 1 saturated heterocycles. The minimum absolute atomic E-state index is 0.0647. The van der Waals surface area contributed by atoms with Crippen LogP contribution in [0.4, 0.5) is 0 Å². The predicted octanol–water partition coefficient (Wildman–Crippen LogP) is 0.567. The third-order valence-electron chi connectivity index (χ3n) is 3.20. The van der Waals surface area contributed by atoms with Gasteiger partial charge < -0.3 is 24.8 Å². The van der Waals surface area contributed by atoms with Gasteiger partial charge in [0.25, 0.3) is 0 Å². The number of carbonyl (C=O) groups is 1. The Morgan fingerprint density at radius 3 is 2.90 bits per heavy atom. The Kier molecular flexibility index (Phi) is 5.83. The first-order chi connectivity index (χ1) is 10.2. The summed E-state index contributed by atoms with van der Waals surface area (Å²) in [7, 11) is 1.60. The molecule has 1 fully saturated rings. The maximum atomic E-state index is 11.9. The van der Waals surface area contributed by atoms with Crippen LogP contribution in [0.15, 0.2) is 24.3 Å². The van der Waals surface area contributed by atoms with E-state index in [-0.39, 0.29) is 18.1 Å². The third-order valence-corrected chi connectivity index (χ3v) is 3.20. The van der Waals surface area contributed by atoms with Crippen LogP contribution in [0.1, 0.15) is 6.92 Å². The number of hydrogen-bond donors (Lipinski definition) is 2. The lowest BCUT2D eigenvalue weighted by Crippen LogP contribution is -2.52. The molecule has 6 nitrogen and oxygen atoms in total. The summed E-state index contributed by atoms with van der Waals surface area (Å²) in [6.07, 6.45) is -0.158. The van der Waals surface area contributed by atoms with E-state index in [2.05, 4.69) is 10.6 Å². The fraction of sp³-hybridized carbons (Fsp3) is 0.533. The summed E-state index contributed by atoms with van der Waals surface area (Å²) in [4.78, 5) is 11.9. The van der Waals surface area contributed by atoms with Crippen LogP contribution < -0.4 is 20.1 Å². The number of amides is 1. The maximum absolute atomic E-state index is 11.9. The second kappa shape index (κ2) is 7.85. The third kappa shape index (κ3) is 4.61. The lowest BCUT2D eigenvalue weighted by Gasteiger charge is -2.24. The molecule has 1 aromatic rings. The molecule has 1 aromatic carbocycles. The van der Waals surface area contributed by atoms with Crippen LogP contribution in [-0.2, 0) is 9.53 Å². The molecule has 0 aliphatic carbocycles. The van der Waals surface area contributed by atoms with Gasteiger partial charge >= 0.3 is 0 Å². The maximum Gasteiger partial charge on any atom is 0.239 e. The lowest BCUT2D eigenvalue weighted by atomic mass is 10.2. The van der Waals surface area contributed by atoms with E-state index in [0.29, 0.717) is 37.8 Å². The number of para-hydroxylation sites is 2. The molecule has 1 aliphatic rings. The van der Waals surface area contributed by atoms with Gasteiger partial charge in [0.15, 0.2) is 11.5 Å². The highest BCUT2D eigenvalue weighted by Gasteiger charge is 2.21. The number of morpholine rings is 1. The Morgan fingerprint density at radius 1 is 1.48 bits per heavy atom. The zero-order valence-corrected chi connectivity index (χ0v) is 12.4. The van der Waals surface area contributed by atoms with E-state index < -0.39 is 0 Å². The van der Waals surface area contributed by atoms with Gasteiger partial charge in [0.1, 0.15) is 12.1 Å². The molecule has 21 heavy (non-hydrogen) atoms. The minimum Gasteiger partial charge on any atom is -0.493 e. The van der Waals surface area contributed by atoms with Gasteiger partial charge in [-0.25, -0.2) is 0 Å². The summed E-state index contributed by atoms with van der Waals surface area (Å²) in [6.45, 7) is 4.09. The Morgan fingerprint density at radius 2 is 2.24 bits per heavy atom. The second-order valence-electron chi connectivity index (χ2n) is 4.91. The average molecular weight is 294 g/mol. The van der Waals surface area contributed by atoms with Gasteiger partial charge in [-0.2, -0.15) is 0 Å². The summed E-state index contributed by atoms with van der Waals surface area (Å²) >= 11 is 0. The first-order valence-electron chi connectivity index (χ1n) is 7.09. The Bertz CT molecular complexity index is 461. The van der Waals surface area contributed by atoms with Crippen molar-refractivity contribution in [2.45, 2.75) is 19.1 Å². The quantitative estimate of drug-likeness (QED) is 0.803. The van der Waals surface area contributed by atoms with Crippen molar-refractivity contribution in [1.29, 1.82) is 0 Å². The number of methoxy groups -OCH3 is 1. The summed E-state index contributed by atoms with van der Waals surface area (Å²) in [6, 6.07) is 7.16. The van der Waals surface area contributed by atoms with Crippen LogP contribution in [0.5, 0.6) is 11.5 Å². The molecule has 2 unspecified atom stereocenters. The van der Waals surface area contributed by atoms with Crippen molar-refractivity contribution in [2.75, 3.05) is 33.4 Å². The molecular formula is C15H22N2O4. The van der Waals surface area contributed by atoms with Crippen molar-refractivity contribution in [3.63, 3.8) is 0 Å². The van der Waals surface area contributed by atoms with Crippen LogP contribution in [0, 0.1) is 0 Å². The van der Waals surface area contributed by atoms with Gasteiger partial charge in [0.2, 0.25) is 5.91 Å². The molecule has 0 aromatic heterocycles. The minimum atomic E-state index is -0.280. The number of rotatable bonds is 6. The van der Waals surface area contributed by atoms with Gasteiger partial charge in [0, 0.05) is 6.54 Å². The number of hydrogen-bond acceptors (Lipinski definition) is 5. The highest BCUT2D eigenvalue weighted by molar-refractivity contribution is 5.82. The fourth-order valence-electron chi connectivity index (χ4n) is 2.08.